The smallest absolute Gasteiger partial charge is 0.139 e. The fourth-order valence-corrected chi connectivity index (χ4v) is 2.69. The lowest BCUT2D eigenvalue weighted by molar-refractivity contribution is 0.858. The van der Waals surface area contributed by atoms with Crippen LogP contribution < -0.4 is 0 Å². The van der Waals surface area contributed by atoms with Crippen LogP contribution in [0.5, 0.6) is 0 Å². The molecule has 2 aromatic carbocycles. The third-order valence-electron chi connectivity index (χ3n) is 4.34. The van der Waals surface area contributed by atoms with E-state index in [2.05, 4.69) is 79.7 Å². The van der Waals surface area contributed by atoms with Gasteiger partial charge in [-0.05, 0) is 28.7 Å². The molecule has 1 heterocycles. The first-order valence-corrected chi connectivity index (χ1v) is 10.9. The van der Waals surface area contributed by atoms with Crippen molar-refractivity contribution in [1.29, 1.82) is 0 Å². The number of nitrogens with zero attached hydrogens (tertiary/aromatic N) is 2. The number of unbranched alkanes of at least 4 members (excludes halogenated alkanes) is 1. The Bertz CT molecular complexity index is 795. The second-order valence-corrected chi connectivity index (χ2v) is 7.15. The Labute approximate surface area is 174 Å². The topological polar surface area (TPSA) is 17.8 Å². The van der Waals surface area contributed by atoms with Crippen molar-refractivity contribution in [3.8, 4) is 22.5 Å². The highest BCUT2D eigenvalue weighted by Gasteiger charge is 2.13. The Morgan fingerprint density at radius 1 is 1.00 bits per heavy atom. The van der Waals surface area contributed by atoms with Crippen molar-refractivity contribution in [2.45, 2.75) is 46.5 Å². The van der Waals surface area contributed by atoms with Crippen LogP contribution in [0.15, 0.2) is 60.9 Å². The molecule has 1 aromatic heterocycles. The zero-order valence-electron chi connectivity index (χ0n) is 17.9. The molecule has 0 aliphatic heterocycles. The van der Waals surface area contributed by atoms with Crippen LogP contribution in [0.25, 0.3) is 22.5 Å². The summed E-state index contributed by atoms with van der Waals surface area (Å²) in [7, 11) is 2.04. The van der Waals surface area contributed by atoms with Gasteiger partial charge in [0.05, 0.1) is 0 Å². The van der Waals surface area contributed by atoms with Gasteiger partial charge in [0.25, 0.3) is 0 Å². The highest BCUT2D eigenvalue weighted by atomic mass is 32.2. The van der Waals surface area contributed by atoms with Crippen molar-refractivity contribution >= 4 is 12.1 Å². The van der Waals surface area contributed by atoms with Gasteiger partial charge in [-0.2, -0.15) is 3.89 Å². The van der Waals surface area contributed by atoms with Crippen LogP contribution in [-0.4, -0.2) is 15.8 Å². The molecule has 152 valence electrons. The summed E-state index contributed by atoms with van der Waals surface area (Å²) >= 11 is 0.250. The van der Waals surface area contributed by atoms with Gasteiger partial charge >= 0.3 is 0 Å². The molecule has 0 spiro atoms. The van der Waals surface area contributed by atoms with Crippen LogP contribution in [0.1, 0.15) is 52.0 Å². The molecule has 3 rings (SSSR count). The van der Waals surface area contributed by atoms with Crippen LogP contribution in [0.4, 0.5) is 3.89 Å². The number of hydrogen-bond acceptors (Lipinski definition) is 2. The summed E-state index contributed by atoms with van der Waals surface area (Å²) in [5, 5.41) is 0. The van der Waals surface area contributed by atoms with E-state index >= 15 is 0 Å². The predicted octanol–water partition coefficient (Wildman–Crippen LogP) is 7.92. The lowest BCUT2D eigenvalue weighted by Gasteiger charge is -2.15. The summed E-state index contributed by atoms with van der Waals surface area (Å²) in [5.41, 5.74) is 5.03. The number of aryl methyl sites for hydroxylation is 1. The van der Waals surface area contributed by atoms with Gasteiger partial charge in [-0.25, -0.2) is 4.98 Å². The molecule has 3 aromatic rings. The minimum atomic E-state index is 0.250. The molecular formula is C24H33FN2S. The van der Waals surface area contributed by atoms with Crippen molar-refractivity contribution in [3.05, 3.63) is 66.5 Å². The summed E-state index contributed by atoms with van der Waals surface area (Å²) in [6.45, 7) is 8.81. The van der Waals surface area contributed by atoms with Crippen molar-refractivity contribution in [3.63, 3.8) is 0 Å². The zero-order valence-corrected chi connectivity index (χ0v) is 18.8. The van der Waals surface area contributed by atoms with Crippen LogP contribution in [-0.2, 0) is 7.05 Å². The molecular weight excluding hydrogens is 367 g/mol. The maximum Gasteiger partial charge on any atom is 0.139 e. The van der Waals surface area contributed by atoms with Gasteiger partial charge in [-0.15, -0.1) is 0 Å². The van der Waals surface area contributed by atoms with Crippen LogP contribution in [0.3, 0.4) is 0 Å². The van der Waals surface area contributed by atoms with E-state index in [1.807, 2.05) is 25.5 Å². The van der Waals surface area contributed by atoms with Gasteiger partial charge in [0.2, 0.25) is 0 Å². The van der Waals surface area contributed by atoms with Crippen molar-refractivity contribution in [1.82, 2.24) is 9.55 Å². The molecule has 2 nitrogen and oxygen atoms in total. The number of hydrogen-bond donors (Lipinski definition) is 0. The number of imidazole rings is 1. The standard InChI is InChI=1S/C19H20N2.C4H10.CH3FS/c1-14(2)17-10-9-16(15-7-5-4-6-8-15)13-18(17)19-20-11-12-21(19)3;1-3-4-2;1-3-2/h4-14H,1-3H3;3-4H2,1-2H3;1H3. The normalized spacial score (nSPS) is 10.0. The first-order valence-electron chi connectivity index (χ1n) is 9.81. The van der Waals surface area contributed by atoms with Gasteiger partial charge in [0.15, 0.2) is 0 Å². The Morgan fingerprint density at radius 2 is 1.61 bits per heavy atom. The SMILES string of the molecule is CC(C)c1ccc(-c2ccccc2)cc1-c1nccn1C.CCCC.CSF. The van der Waals surface area contributed by atoms with Crippen molar-refractivity contribution < 1.29 is 3.89 Å². The lowest BCUT2D eigenvalue weighted by Crippen LogP contribution is -1.98. The van der Waals surface area contributed by atoms with Gasteiger partial charge in [0, 0.05) is 43.4 Å². The summed E-state index contributed by atoms with van der Waals surface area (Å²) in [5.74, 6) is 1.50. The number of aromatic nitrogens is 2. The van der Waals surface area contributed by atoms with Crippen molar-refractivity contribution in [2.24, 2.45) is 7.05 Å². The molecule has 0 aliphatic rings. The molecule has 0 saturated heterocycles. The summed E-state index contributed by atoms with van der Waals surface area (Å²) in [6, 6.07) is 17.2. The second kappa shape index (κ2) is 13.2. The molecule has 0 fully saturated rings. The molecule has 28 heavy (non-hydrogen) atoms. The molecule has 0 atom stereocenters. The molecule has 0 saturated carbocycles. The van der Waals surface area contributed by atoms with E-state index in [4.69, 9.17) is 0 Å². The van der Waals surface area contributed by atoms with E-state index in [-0.39, 0.29) is 12.1 Å². The number of halogens is 1. The molecule has 0 aliphatic carbocycles. The van der Waals surface area contributed by atoms with Gasteiger partial charge in [-0.3, -0.25) is 0 Å². The van der Waals surface area contributed by atoms with E-state index < -0.39 is 0 Å². The van der Waals surface area contributed by atoms with Crippen molar-refractivity contribution in [2.75, 3.05) is 6.26 Å². The van der Waals surface area contributed by atoms with Crippen LogP contribution in [0, 0.1) is 0 Å². The van der Waals surface area contributed by atoms with Gasteiger partial charge < -0.3 is 4.57 Å². The highest BCUT2D eigenvalue weighted by Crippen LogP contribution is 2.32. The van der Waals surface area contributed by atoms with E-state index in [1.54, 1.807) is 0 Å². The van der Waals surface area contributed by atoms with Crippen LogP contribution >= 0.6 is 12.1 Å². The summed E-state index contributed by atoms with van der Waals surface area (Å²) in [6.07, 6.45) is 7.86. The average molecular weight is 401 g/mol. The molecule has 0 radical (unpaired) electrons. The Balaban J connectivity index is 0.000000489. The highest BCUT2D eigenvalue weighted by molar-refractivity contribution is 7.93. The second-order valence-electron chi connectivity index (χ2n) is 6.84. The van der Waals surface area contributed by atoms with E-state index in [9.17, 15) is 3.89 Å². The largest absolute Gasteiger partial charge is 0.334 e. The fourth-order valence-electron chi connectivity index (χ4n) is 2.69. The van der Waals surface area contributed by atoms with Gasteiger partial charge in [-0.1, -0.05) is 83.0 Å². The van der Waals surface area contributed by atoms with E-state index in [0.29, 0.717) is 5.92 Å². The average Bonchev–Trinajstić information content (AvgIpc) is 3.14. The Morgan fingerprint density at radius 3 is 2.07 bits per heavy atom. The van der Waals surface area contributed by atoms with E-state index in [0.717, 1.165) is 5.82 Å². The van der Waals surface area contributed by atoms with E-state index in [1.165, 1.54) is 41.4 Å². The quantitative estimate of drug-likeness (QED) is 0.442. The molecule has 0 bridgehead atoms. The van der Waals surface area contributed by atoms with Crippen LogP contribution in [0.2, 0.25) is 0 Å². The minimum absolute atomic E-state index is 0.250. The number of benzene rings is 2. The Hall–Kier alpha value is -2.07. The third kappa shape index (κ3) is 7.16. The molecule has 0 unspecified atom stereocenters. The summed E-state index contributed by atoms with van der Waals surface area (Å²) in [4.78, 5) is 4.53. The lowest BCUT2D eigenvalue weighted by atomic mass is 9.93. The maximum absolute atomic E-state index is 10.2. The van der Waals surface area contributed by atoms with Gasteiger partial charge in [0.1, 0.15) is 5.82 Å². The first-order chi connectivity index (χ1) is 13.5. The maximum atomic E-state index is 10.2. The number of rotatable bonds is 4. The Kier molecular flexibility index (Phi) is 11.3. The third-order valence-corrected chi connectivity index (χ3v) is 4.34. The molecule has 0 N–H and O–H groups in total. The first kappa shape index (κ1) is 24.0. The molecule has 0 amide bonds. The monoisotopic (exact) mass is 400 g/mol. The molecule has 4 heteroatoms. The minimum Gasteiger partial charge on any atom is -0.334 e. The predicted molar refractivity (Wildman–Crippen MR) is 123 cm³/mol. The summed E-state index contributed by atoms with van der Waals surface area (Å²) < 4.78 is 12.3. The fraction of sp³-hybridized carbons (Fsp3) is 0.375. The zero-order chi connectivity index (χ0) is 20.9.